The molecule has 0 bridgehead atoms. The van der Waals surface area contributed by atoms with E-state index in [4.69, 9.17) is 10.5 Å². The molecule has 0 aliphatic rings. The van der Waals surface area contributed by atoms with E-state index in [1.165, 1.54) is 56.3 Å². The molecule has 2 aromatic carbocycles. The van der Waals surface area contributed by atoms with Crippen molar-refractivity contribution in [3.8, 4) is 0 Å². The monoisotopic (exact) mass is 371 g/mol. The number of nitrogens with one attached hydrogen (secondary N) is 1. The molecule has 9 heteroatoms. The molecule has 9 nitrogen and oxygen atoms in total. The first kappa shape index (κ1) is 19.6. The number of nitro groups is 1. The average Bonchev–Trinajstić information content (AvgIpc) is 2.61. The number of ether oxygens (including phenoxy) is 1. The predicted molar refractivity (Wildman–Crippen MR) is 96.3 cm³/mol. The Morgan fingerprint density at radius 3 is 2.22 bits per heavy atom. The maximum atomic E-state index is 12.1. The third kappa shape index (κ3) is 4.88. The fraction of sp³-hybridized carbons (Fsp3) is 0.167. The van der Waals surface area contributed by atoms with Gasteiger partial charge in [0.2, 0.25) is 5.91 Å². The summed E-state index contributed by atoms with van der Waals surface area (Å²) in [5.41, 5.74) is 6.13. The molecule has 0 aromatic heterocycles. The molecule has 0 aliphatic heterocycles. The number of anilines is 1. The smallest absolute Gasteiger partial charge is 0.338 e. The van der Waals surface area contributed by atoms with Crippen molar-refractivity contribution >= 4 is 29.2 Å². The first-order valence-electron chi connectivity index (χ1n) is 7.86. The minimum Gasteiger partial charge on any atom is -0.449 e. The average molecular weight is 371 g/mol. The lowest BCUT2D eigenvalue weighted by Gasteiger charge is -2.14. The molecule has 0 fully saturated rings. The molecule has 0 spiro atoms. The van der Waals surface area contributed by atoms with Crippen LogP contribution in [0.5, 0.6) is 0 Å². The second kappa shape index (κ2) is 8.09. The van der Waals surface area contributed by atoms with Gasteiger partial charge < -0.3 is 15.8 Å². The van der Waals surface area contributed by atoms with Crippen molar-refractivity contribution in [2.24, 2.45) is 5.73 Å². The van der Waals surface area contributed by atoms with E-state index in [1.807, 2.05) is 0 Å². The number of esters is 1. The Morgan fingerprint density at radius 2 is 1.70 bits per heavy atom. The highest BCUT2D eigenvalue weighted by molar-refractivity contribution is 5.98. The first-order valence-corrected chi connectivity index (χ1v) is 7.86. The standard InChI is InChI=1S/C18H17N3O6/c1-10-9-13(5-8-15(10)21(25)26)18(24)27-11(2)17(23)20-14-6-3-12(4-7-14)16(19)22/h3-9,11H,1-2H3,(H2,19,22)(H,20,23)/t11-/m0/s1. The molecule has 2 rings (SSSR count). The molecular weight excluding hydrogens is 354 g/mol. The van der Waals surface area contributed by atoms with Crippen LogP contribution in [0.3, 0.4) is 0 Å². The van der Waals surface area contributed by atoms with Gasteiger partial charge in [0.1, 0.15) is 0 Å². The van der Waals surface area contributed by atoms with Crippen LogP contribution in [0.2, 0.25) is 0 Å². The molecule has 0 saturated heterocycles. The van der Waals surface area contributed by atoms with Gasteiger partial charge in [-0.05, 0) is 50.2 Å². The van der Waals surface area contributed by atoms with Gasteiger partial charge in [-0.15, -0.1) is 0 Å². The number of carbonyl (C=O) groups excluding carboxylic acids is 3. The minimum atomic E-state index is -1.11. The third-order valence-corrected chi connectivity index (χ3v) is 3.72. The normalized spacial score (nSPS) is 11.3. The van der Waals surface area contributed by atoms with Crippen molar-refractivity contribution in [1.29, 1.82) is 0 Å². The SMILES string of the molecule is Cc1cc(C(=O)O[C@@H](C)C(=O)Nc2ccc(C(N)=O)cc2)ccc1[N+](=O)[O-]. The number of rotatable bonds is 6. The number of aryl methyl sites for hydroxylation is 1. The van der Waals surface area contributed by atoms with Crippen LogP contribution in [0.25, 0.3) is 0 Å². The highest BCUT2D eigenvalue weighted by Gasteiger charge is 2.21. The number of hydrogen-bond donors (Lipinski definition) is 2. The van der Waals surface area contributed by atoms with E-state index in [9.17, 15) is 24.5 Å². The molecular formula is C18H17N3O6. The lowest BCUT2D eigenvalue weighted by Crippen LogP contribution is -2.30. The molecule has 2 amide bonds. The summed E-state index contributed by atoms with van der Waals surface area (Å²) in [6.07, 6.45) is -1.11. The number of benzene rings is 2. The van der Waals surface area contributed by atoms with E-state index >= 15 is 0 Å². The summed E-state index contributed by atoms with van der Waals surface area (Å²) in [4.78, 5) is 45.6. The minimum absolute atomic E-state index is 0.101. The summed E-state index contributed by atoms with van der Waals surface area (Å²) in [7, 11) is 0. The molecule has 140 valence electrons. The van der Waals surface area contributed by atoms with Crippen LogP contribution < -0.4 is 11.1 Å². The van der Waals surface area contributed by atoms with Gasteiger partial charge >= 0.3 is 5.97 Å². The van der Waals surface area contributed by atoms with Crippen molar-refractivity contribution in [2.45, 2.75) is 20.0 Å². The number of hydrogen-bond acceptors (Lipinski definition) is 6. The molecule has 27 heavy (non-hydrogen) atoms. The van der Waals surface area contributed by atoms with E-state index in [-0.39, 0.29) is 11.3 Å². The second-order valence-corrected chi connectivity index (χ2v) is 5.74. The van der Waals surface area contributed by atoms with Crippen LogP contribution in [-0.4, -0.2) is 28.8 Å². The summed E-state index contributed by atoms with van der Waals surface area (Å²) < 4.78 is 5.09. The summed E-state index contributed by atoms with van der Waals surface area (Å²) >= 11 is 0. The topological polar surface area (TPSA) is 142 Å². The lowest BCUT2D eigenvalue weighted by molar-refractivity contribution is -0.385. The van der Waals surface area contributed by atoms with E-state index in [2.05, 4.69) is 5.32 Å². The maximum Gasteiger partial charge on any atom is 0.338 e. The van der Waals surface area contributed by atoms with Crippen molar-refractivity contribution in [3.05, 3.63) is 69.3 Å². The Kier molecular flexibility index (Phi) is 5.86. The fourth-order valence-electron chi connectivity index (χ4n) is 2.23. The Balaban J connectivity index is 2.01. The van der Waals surface area contributed by atoms with Gasteiger partial charge in [0, 0.05) is 22.9 Å². The van der Waals surface area contributed by atoms with Gasteiger partial charge in [0.05, 0.1) is 10.5 Å². The van der Waals surface area contributed by atoms with Gasteiger partial charge in [-0.1, -0.05) is 0 Å². The zero-order valence-corrected chi connectivity index (χ0v) is 14.6. The van der Waals surface area contributed by atoms with Crippen LogP contribution >= 0.6 is 0 Å². The van der Waals surface area contributed by atoms with Gasteiger partial charge in [-0.2, -0.15) is 0 Å². The number of nitro benzene ring substituents is 1. The predicted octanol–water partition coefficient (Wildman–Crippen LogP) is 2.19. The largest absolute Gasteiger partial charge is 0.449 e. The number of nitrogens with two attached hydrogens (primary N) is 1. The van der Waals surface area contributed by atoms with Crippen molar-refractivity contribution in [1.82, 2.24) is 0 Å². The van der Waals surface area contributed by atoms with Crippen LogP contribution in [0.4, 0.5) is 11.4 Å². The first-order chi connectivity index (χ1) is 12.7. The summed E-state index contributed by atoms with van der Waals surface area (Å²) in [5.74, 6) is -1.94. The quantitative estimate of drug-likeness (QED) is 0.453. The third-order valence-electron chi connectivity index (χ3n) is 3.72. The Bertz CT molecular complexity index is 908. The summed E-state index contributed by atoms with van der Waals surface area (Å²) in [5, 5.41) is 13.4. The number of carbonyl (C=O) groups is 3. The summed E-state index contributed by atoms with van der Waals surface area (Å²) in [6, 6.07) is 9.69. The van der Waals surface area contributed by atoms with Crippen LogP contribution in [-0.2, 0) is 9.53 Å². The van der Waals surface area contributed by atoms with Gasteiger partial charge in [0.25, 0.3) is 11.6 Å². The molecule has 0 radical (unpaired) electrons. The summed E-state index contributed by atoms with van der Waals surface area (Å²) in [6.45, 7) is 2.89. The van der Waals surface area contributed by atoms with E-state index in [0.29, 0.717) is 16.8 Å². The molecule has 2 aromatic rings. The highest BCUT2D eigenvalue weighted by atomic mass is 16.6. The number of primary amides is 1. The zero-order valence-electron chi connectivity index (χ0n) is 14.6. The Hall–Kier alpha value is -3.75. The molecule has 0 heterocycles. The van der Waals surface area contributed by atoms with Gasteiger partial charge in [-0.3, -0.25) is 19.7 Å². The van der Waals surface area contributed by atoms with Crippen molar-refractivity contribution in [3.63, 3.8) is 0 Å². The number of amides is 2. The van der Waals surface area contributed by atoms with Crippen LogP contribution in [0.15, 0.2) is 42.5 Å². The highest BCUT2D eigenvalue weighted by Crippen LogP contribution is 2.19. The van der Waals surface area contributed by atoms with Gasteiger partial charge in [0.15, 0.2) is 6.10 Å². The Morgan fingerprint density at radius 1 is 1.11 bits per heavy atom. The van der Waals surface area contributed by atoms with Crippen LogP contribution in [0.1, 0.15) is 33.2 Å². The van der Waals surface area contributed by atoms with Crippen molar-refractivity contribution < 1.29 is 24.0 Å². The molecule has 0 unspecified atom stereocenters. The fourth-order valence-corrected chi connectivity index (χ4v) is 2.23. The van der Waals surface area contributed by atoms with E-state index in [0.717, 1.165) is 0 Å². The lowest BCUT2D eigenvalue weighted by atomic mass is 10.1. The second-order valence-electron chi connectivity index (χ2n) is 5.74. The molecule has 0 saturated carbocycles. The molecule has 0 aliphatic carbocycles. The zero-order chi connectivity index (χ0) is 20.1. The Labute approximate surface area is 154 Å². The van der Waals surface area contributed by atoms with Crippen LogP contribution in [0, 0.1) is 17.0 Å². The molecule has 3 N–H and O–H groups in total. The van der Waals surface area contributed by atoms with Gasteiger partial charge in [-0.25, -0.2) is 4.79 Å². The van der Waals surface area contributed by atoms with E-state index < -0.39 is 28.8 Å². The van der Waals surface area contributed by atoms with Crippen molar-refractivity contribution in [2.75, 3.05) is 5.32 Å². The van der Waals surface area contributed by atoms with E-state index in [1.54, 1.807) is 0 Å². The number of nitrogens with zero attached hydrogens (tertiary/aromatic N) is 1. The maximum absolute atomic E-state index is 12.1. The molecule has 1 atom stereocenters.